The molecular formula is C13H11F3N4. The first-order valence-corrected chi connectivity index (χ1v) is 5.84. The fraction of sp³-hybridized carbons (Fsp3) is 0.154. The lowest BCUT2D eigenvalue weighted by Gasteiger charge is -2.07. The number of nitrogens with zero attached hydrogens (tertiary/aromatic N) is 2. The number of aryl methyl sites for hydroxylation is 1. The van der Waals surface area contributed by atoms with E-state index in [1.54, 1.807) is 19.3 Å². The van der Waals surface area contributed by atoms with Gasteiger partial charge >= 0.3 is 6.18 Å². The third kappa shape index (κ3) is 1.91. The van der Waals surface area contributed by atoms with Gasteiger partial charge in [-0.1, -0.05) is 0 Å². The van der Waals surface area contributed by atoms with E-state index in [9.17, 15) is 13.2 Å². The summed E-state index contributed by atoms with van der Waals surface area (Å²) < 4.78 is 39.9. The summed E-state index contributed by atoms with van der Waals surface area (Å²) in [5.74, 6) is 0.323. The number of aromatic nitrogens is 3. The van der Waals surface area contributed by atoms with E-state index >= 15 is 0 Å². The van der Waals surface area contributed by atoms with Crippen LogP contribution in [0.5, 0.6) is 0 Å². The van der Waals surface area contributed by atoms with Gasteiger partial charge in [-0.3, -0.25) is 4.68 Å². The highest BCUT2D eigenvalue weighted by Crippen LogP contribution is 2.35. The first-order valence-electron chi connectivity index (χ1n) is 5.84. The number of nitrogens with two attached hydrogens (primary N) is 1. The van der Waals surface area contributed by atoms with Crippen LogP contribution >= 0.6 is 0 Å². The maximum atomic E-state index is 12.8. The minimum absolute atomic E-state index is 0.323. The third-order valence-corrected chi connectivity index (χ3v) is 3.18. The molecule has 104 valence electrons. The van der Waals surface area contributed by atoms with Crippen LogP contribution < -0.4 is 5.73 Å². The average molecular weight is 280 g/mol. The van der Waals surface area contributed by atoms with Crippen molar-refractivity contribution in [2.24, 2.45) is 7.05 Å². The van der Waals surface area contributed by atoms with Crippen LogP contribution in [0.3, 0.4) is 0 Å². The van der Waals surface area contributed by atoms with Gasteiger partial charge in [0, 0.05) is 35.8 Å². The number of benzene rings is 1. The predicted molar refractivity (Wildman–Crippen MR) is 69.9 cm³/mol. The number of H-pyrrole nitrogens is 1. The van der Waals surface area contributed by atoms with Crippen molar-refractivity contribution < 1.29 is 13.2 Å². The Morgan fingerprint density at radius 3 is 2.60 bits per heavy atom. The van der Waals surface area contributed by atoms with Crippen LogP contribution in [0.15, 0.2) is 30.5 Å². The van der Waals surface area contributed by atoms with E-state index in [1.165, 1.54) is 10.7 Å². The number of halogens is 3. The fourth-order valence-electron chi connectivity index (χ4n) is 2.25. The number of nitrogens with one attached hydrogen (secondary N) is 1. The van der Waals surface area contributed by atoms with Crippen LogP contribution in [0.1, 0.15) is 5.56 Å². The van der Waals surface area contributed by atoms with E-state index in [4.69, 9.17) is 5.73 Å². The molecule has 0 aliphatic carbocycles. The monoisotopic (exact) mass is 280 g/mol. The van der Waals surface area contributed by atoms with Gasteiger partial charge in [0.2, 0.25) is 0 Å². The second-order valence-electron chi connectivity index (χ2n) is 4.54. The zero-order valence-electron chi connectivity index (χ0n) is 10.5. The first kappa shape index (κ1) is 12.6. The van der Waals surface area contributed by atoms with Crippen LogP contribution in [0, 0.1) is 0 Å². The van der Waals surface area contributed by atoms with Crippen LogP contribution in [0.4, 0.5) is 19.0 Å². The number of alkyl halides is 3. The lowest BCUT2D eigenvalue weighted by Crippen LogP contribution is -2.04. The highest BCUT2D eigenvalue weighted by Gasteiger charge is 2.30. The second-order valence-corrected chi connectivity index (χ2v) is 4.54. The van der Waals surface area contributed by atoms with Crippen LogP contribution in [-0.4, -0.2) is 14.8 Å². The summed E-state index contributed by atoms with van der Waals surface area (Å²) >= 11 is 0. The average Bonchev–Trinajstić information content (AvgIpc) is 2.90. The van der Waals surface area contributed by atoms with Gasteiger partial charge < -0.3 is 10.7 Å². The summed E-state index contributed by atoms with van der Waals surface area (Å²) in [7, 11) is 1.69. The van der Waals surface area contributed by atoms with Gasteiger partial charge in [0.15, 0.2) is 0 Å². The number of rotatable bonds is 1. The van der Waals surface area contributed by atoms with E-state index in [2.05, 4.69) is 10.1 Å². The molecular weight excluding hydrogens is 269 g/mol. The van der Waals surface area contributed by atoms with Gasteiger partial charge in [-0.25, -0.2) is 0 Å². The van der Waals surface area contributed by atoms with Crippen molar-refractivity contribution in [2.45, 2.75) is 6.18 Å². The smallest absolute Gasteiger partial charge is 0.382 e. The van der Waals surface area contributed by atoms with Crippen molar-refractivity contribution in [1.29, 1.82) is 0 Å². The molecule has 20 heavy (non-hydrogen) atoms. The molecule has 0 saturated carbocycles. The van der Waals surface area contributed by atoms with Crippen LogP contribution in [0.2, 0.25) is 0 Å². The Labute approximate surface area is 112 Å². The van der Waals surface area contributed by atoms with Crippen molar-refractivity contribution in [2.75, 3.05) is 5.73 Å². The second kappa shape index (κ2) is 4.03. The molecule has 0 saturated heterocycles. The van der Waals surface area contributed by atoms with E-state index in [0.717, 1.165) is 12.1 Å². The Balaban J connectivity index is 2.24. The molecule has 4 nitrogen and oxygen atoms in total. The molecule has 0 fully saturated rings. The van der Waals surface area contributed by atoms with Crippen LogP contribution in [-0.2, 0) is 13.2 Å². The van der Waals surface area contributed by atoms with E-state index in [-0.39, 0.29) is 0 Å². The molecule has 0 aliphatic rings. The topological polar surface area (TPSA) is 59.6 Å². The van der Waals surface area contributed by atoms with Gasteiger partial charge in [0.25, 0.3) is 0 Å². The summed E-state index contributed by atoms with van der Waals surface area (Å²) in [5.41, 5.74) is 6.86. The van der Waals surface area contributed by atoms with Crippen molar-refractivity contribution >= 4 is 16.7 Å². The standard InChI is InChI=1S/C13H11F3N4/c1-20-11(5-12(17)19-20)9-6-18-10-3-2-7(4-8(9)10)13(14,15)16/h2-6,18H,1H3,(H2,17,19). The molecule has 2 aromatic heterocycles. The van der Waals surface area contributed by atoms with Gasteiger partial charge in [0.05, 0.1) is 11.3 Å². The van der Waals surface area contributed by atoms with Crippen molar-refractivity contribution in [3.05, 3.63) is 36.0 Å². The lowest BCUT2D eigenvalue weighted by molar-refractivity contribution is -0.137. The maximum Gasteiger partial charge on any atom is 0.416 e. The molecule has 0 amide bonds. The number of fused-ring (bicyclic) bond motifs is 1. The SMILES string of the molecule is Cn1nc(N)cc1-c1c[nH]c2ccc(C(F)(F)F)cc12. The molecule has 7 heteroatoms. The Morgan fingerprint density at radius 2 is 2.00 bits per heavy atom. The first-order chi connectivity index (χ1) is 9.36. The maximum absolute atomic E-state index is 12.8. The quantitative estimate of drug-likeness (QED) is 0.719. The Hall–Kier alpha value is -2.44. The third-order valence-electron chi connectivity index (χ3n) is 3.18. The van der Waals surface area contributed by atoms with Crippen molar-refractivity contribution in [3.63, 3.8) is 0 Å². The molecule has 3 rings (SSSR count). The largest absolute Gasteiger partial charge is 0.416 e. The highest BCUT2D eigenvalue weighted by molar-refractivity contribution is 5.95. The molecule has 0 aliphatic heterocycles. The summed E-state index contributed by atoms with van der Waals surface area (Å²) in [5, 5.41) is 4.49. The minimum atomic E-state index is -4.37. The van der Waals surface area contributed by atoms with E-state index in [1.807, 2.05) is 0 Å². The molecule has 0 bridgehead atoms. The molecule has 0 spiro atoms. The summed E-state index contributed by atoms with van der Waals surface area (Å²) in [6, 6.07) is 5.23. The molecule has 2 heterocycles. The Bertz CT molecular complexity index is 783. The number of nitrogen functional groups attached to an aromatic ring is 1. The van der Waals surface area contributed by atoms with Crippen molar-refractivity contribution in [1.82, 2.24) is 14.8 Å². The normalized spacial score (nSPS) is 12.2. The molecule has 3 N–H and O–H groups in total. The minimum Gasteiger partial charge on any atom is -0.382 e. The number of hydrogen-bond acceptors (Lipinski definition) is 2. The Kier molecular flexibility index (Phi) is 2.53. The zero-order chi connectivity index (χ0) is 14.5. The molecule has 3 aromatic rings. The van der Waals surface area contributed by atoms with Crippen LogP contribution in [0.25, 0.3) is 22.2 Å². The number of hydrogen-bond donors (Lipinski definition) is 2. The molecule has 0 atom stereocenters. The highest BCUT2D eigenvalue weighted by atomic mass is 19.4. The zero-order valence-corrected chi connectivity index (χ0v) is 10.5. The lowest BCUT2D eigenvalue weighted by atomic mass is 10.1. The molecule has 1 aromatic carbocycles. The summed E-state index contributed by atoms with van der Waals surface area (Å²) in [6.45, 7) is 0. The van der Waals surface area contributed by atoms with Gasteiger partial charge in [-0.2, -0.15) is 18.3 Å². The van der Waals surface area contributed by atoms with E-state index < -0.39 is 11.7 Å². The summed E-state index contributed by atoms with van der Waals surface area (Å²) in [6.07, 6.45) is -2.71. The van der Waals surface area contributed by atoms with Gasteiger partial charge in [0.1, 0.15) is 5.82 Å². The number of anilines is 1. The van der Waals surface area contributed by atoms with Gasteiger partial charge in [-0.15, -0.1) is 0 Å². The number of aromatic amines is 1. The molecule has 0 radical (unpaired) electrons. The fourth-order valence-corrected chi connectivity index (χ4v) is 2.25. The Morgan fingerprint density at radius 1 is 1.25 bits per heavy atom. The predicted octanol–water partition coefficient (Wildman–Crippen LogP) is 3.17. The molecule has 0 unspecified atom stereocenters. The van der Waals surface area contributed by atoms with E-state index in [0.29, 0.717) is 28.0 Å². The van der Waals surface area contributed by atoms with Gasteiger partial charge in [-0.05, 0) is 18.2 Å². The van der Waals surface area contributed by atoms with Crippen molar-refractivity contribution in [3.8, 4) is 11.3 Å². The summed E-state index contributed by atoms with van der Waals surface area (Å²) in [4.78, 5) is 2.95.